The third kappa shape index (κ3) is 3.95. The van der Waals surface area contributed by atoms with Crippen LogP contribution < -0.4 is 0 Å². The maximum absolute atomic E-state index is 12.8. The fourth-order valence-electron chi connectivity index (χ4n) is 3.41. The summed E-state index contributed by atoms with van der Waals surface area (Å²) in [5, 5.41) is 10.7. The number of aliphatic carboxylic acids is 1. The molecule has 0 unspecified atom stereocenters. The third-order valence-corrected chi connectivity index (χ3v) is 6.07. The first-order valence-corrected chi connectivity index (χ1v) is 9.96. The van der Waals surface area contributed by atoms with Gasteiger partial charge in [0.1, 0.15) is 5.01 Å². The fraction of sp³-hybridized carbons (Fsp3) is 0.182. The van der Waals surface area contributed by atoms with Gasteiger partial charge in [-0.15, -0.1) is 11.3 Å². The largest absolute Gasteiger partial charge is 0.481 e. The lowest BCUT2D eigenvalue weighted by Gasteiger charge is -2.06. The Morgan fingerprint density at radius 1 is 1.13 bits per heavy atom. The van der Waals surface area contributed by atoms with E-state index >= 15 is 0 Å². The van der Waals surface area contributed by atoms with Gasteiger partial charge in [-0.2, -0.15) is 13.2 Å². The molecule has 154 valence electrons. The predicted molar refractivity (Wildman–Crippen MR) is 110 cm³/mol. The molecule has 2 heterocycles. The lowest BCUT2D eigenvalue weighted by Crippen LogP contribution is -2.03. The SMILES string of the molecule is Cc1nc(-c2ccc(C(F)(F)F)cc2)sc1Cn1cc(CC(=O)O)c2ccccc21. The van der Waals surface area contributed by atoms with Gasteiger partial charge in [-0.25, -0.2) is 4.98 Å². The van der Waals surface area contributed by atoms with Crippen molar-refractivity contribution in [2.45, 2.75) is 26.1 Å². The van der Waals surface area contributed by atoms with Crippen LogP contribution >= 0.6 is 11.3 Å². The summed E-state index contributed by atoms with van der Waals surface area (Å²) >= 11 is 1.42. The summed E-state index contributed by atoms with van der Waals surface area (Å²) in [5.41, 5.74) is 2.41. The Morgan fingerprint density at radius 2 is 1.83 bits per heavy atom. The number of fused-ring (bicyclic) bond motifs is 1. The lowest BCUT2D eigenvalue weighted by molar-refractivity contribution is -0.138. The van der Waals surface area contributed by atoms with Crippen molar-refractivity contribution >= 4 is 28.2 Å². The van der Waals surface area contributed by atoms with Crippen molar-refractivity contribution in [2.75, 3.05) is 0 Å². The summed E-state index contributed by atoms with van der Waals surface area (Å²) in [6.45, 7) is 2.37. The van der Waals surface area contributed by atoms with Crippen molar-refractivity contribution in [2.24, 2.45) is 0 Å². The number of carboxylic acid groups (broad SMARTS) is 1. The summed E-state index contributed by atoms with van der Waals surface area (Å²) in [7, 11) is 0. The number of alkyl halides is 3. The summed E-state index contributed by atoms with van der Waals surface area (Å²) in [5.74, 6) is -0.892. The Morgan fingerprint density at radius 3 is 2.50 bits per heavy atom. The molecule has 0 amide bonds. The van der Waals surface area contributed by atoms with E-state index in [-0.39, 0.29) is 6.42 Å². The smallest absolute Gasteiger partial charge is 0.416 e. The van der Waals surface area contributed by atoms with E-state index in [1.807, 2.05) is 42.0 Å². The number of carbonyl (C=O) groups is 1. The Labute approximate surface area is 174 Å². The maximum atomic E-state index is 12.8. The highest BCUT2D eigenvalue weighted by molar-refractivity contribution is 7.15. The molecule has 4 aromatic rings. The number of aromatic nitrogens is 2. The van der Waals surface area contributed by atoms with Crippen LogP contribution in [0.2, 0.25) is 0 Å². The van der Waals surface area contributed by atoms with Crippen molar-refractivity contribution in [1.82, 2.24) is 9.55 Å². The number of nitrogens with zero attached hydrogens (tertiary/aromatic N) is 2. The number of halogens is 3. The van der Waals surface area contributed by atoms with Gasteiger partial charge < -0.3 is 9.67 Å². The van der Waals surface area contributed by atoms with E-state index in [9.17, 15) is 23.1 Å². The molecule has 1 N–H and O–H groups in total. The third-order valence-electron chi connectivity index (χ3n) is 4.88. The first kappa shape index (κ1) is 20.2. The first-order chi connectivity index (χ1) is 14.2. The molecule has 4 rings (SSSR count). The second-order valence-electron chi connectivity index (χ2n) is 6.97. The van der Waals surface area contributed by atoms with Crippen molar-refractivity contribution in [3.8, 4) is 10.6 Å². The summed E-state index contributed by atoms with van der Waals surface area (Å²) < 4.78 is 40.4. The molecule has 0 aliphatic heterocycles. The van der Waals surface area contributed by atoms with Gasteiger partial charge in [0.05, 0.1) is 24.2 Å². The molecule has 0 bridgehead atoms. The van der Waals surface area contributed by atoms with Crippen LogP contribution in [0, 0.1) is 6.92 Å². The highest BCUT2D eigenvalue weighted by Crippen LogP contribution is 2.33. The van der Waals surface area contributed by atoms with Crippen LogP contribution in [0.25, 0.3) is 21.5 Å². The van der Waals surface area contributed by atoms with Crippen LogP contribution in [0.1, 0.15) is 21.7 Å². The molecule has 0 aliphatic rings. The molecule has 30 heavy (non-hydrogen) atoms. The van der Waals surface area contributed by atoms with E-state index in [0.717, 1.165) is 39.2 Å². The highest BCUT2D eigenvalue weighted by atomic mass is 32.1. The minimum atomic E-state index is -4.37. The maximum Gasteiger partial charge on any atom is 0.416 e. The number of para-hydroxylation sites is 1. The molecule has 0 aliphatic carbocycles. The number of benzene rings is 2. The summed E-state index contributed by atoms with van der Waals surface area (Å²) in [6.07, 6.45) is -2.59. The van der Waals surface area contributed by atoms with Crippen LogP contribution in [0.4, 0.5) is 13.2 Å². The van der Waals surface area contributed by atoms with Crippen molar-refractivity contribution < 1.29 is 23.1 Å². The fourth-order valence-corrected chi connectivity index (χ4v) is 4.48. The number of thiazole rings is 1. The highest BCUT2D eigenvalue weighted by Gasteiger charge is 2.30. The zero-order valence-corrected chi connectivity index (χ0v) is 16.7. The molecule has 0 atom stereocenters. The number of carboxylic acids is 1. The lowest BCUT2D eigenvalue weighted by atomic mass is 10.1. The zero-order valence-electron chi connectivity index (χ0n) is 15.9. The molecule has 4 nitrogen and oxygen atoms in total. The Bertz CT molecular complexity index is 1220. The molecule has 0 saturated heterocycles. The van der Waals surface area contributed by atoms with Crippen LogP contribution in [-0.4, -0.2) is 20.6 Å². The average molecular weight is 430 g/mol. The molecule has 2 aromatic carbocycles. The minimum absolute atomic E-state index is 0.0635. The van der Waals surface area contributed by atoms with Gasteiger partial charge in [-0.1, -0.05) is 30.3 Å². The topological polar surface area (TPSA) is 55.1 Å². The van der Waals surface area contributed by atoms with E-state index in [2.05, 4.69) is 4.98 Å². The van der Waals surface area contributed by atoms with E-state index < -0.39 is 17.7 Å². The quantitative estimate of drug-likeness (QED) is 0.438. The van der Waals surface area contributed by atoms with Crippen LogP contribution in [0.15, 0.2) is 54.7 Å². The van der Waals surface area contributed by atoms with Crippen LogP contribution in [0.5, 0.6) is 0 Å². The van der Waals surface area contributed by atoms with Crippen molar-refractivity contribution in [3.05, 3.63) is 76.4 Å². The minimum Gasteiger partial charge on any atom is -0.481 e. The second kappa shape index (κ2) is 7.60. The van der Waals surface area contributed by atoms with Gasteiger partial charge in [0.25, 0.3) is 0 Å². The number of hydrogen-bond acceptors (Lipinski definition) is 3. The molecule has 2 aromatic heterocycles. The number of aryl methyl sites for hydroxylation is 1. The van der Waals surface area contributed by atoms with Crippen LogP contribution in [-0.2, 0) is 23.9 Å². The van der Waals surface area contributed by atoms with E-state index in [4.69, 9.17) is 0 Å². The Balaban J connectivity index is 1.66. The molecular weight excluding hydrogens is 413 g/mol. The molecule has 0 saturated carbocycles. The molecular formula is C22H17F3N2O2S. The molecule has 8 heteroatoms. The van der Waals surface area contributed by atoms with Gasteiger partial charge in [0.15, 0.2) is 0 Å². The standard InChI is InChI=1S/C22H17F3N2O2S/c1-13-19(30-21(26-13)14-6-8-16(9-7-14)22(23,24)25)12-27-11-15(10-20(28)29)17-4-2-3-5-18(17)27/h2-9,11H,10,12H2,1H3,(H,28,29). The summed E-state index contributed by atoms with van der Waals surface area (Å²) in [6, 6.07) is 12.6. The molecule has 0 radical (unpaired) electrons. The Kier molecular flexibility index (Phi) is 5.11. The average Bonchev–Trinajstić information content (AvgIpc) is 3.22. The van der Waals surface area contributed by atoms with E-state index in [0.29, 0.717) is 17.1 Å². The first-order valence-electron chi connectivity index (χ1n) is 9.15. The van der Waals surface area contributed by atoms with Gasteiger partial charge in [-0.05, 0) is 30.7 Å². The zero-order chi connectivity index (χ0) is 21.5. The molecule has 0 fully saturated rings. The number of rotatable bonds is 5. The van der Waals surface area contributed by atoms with Crippen molar-refractivity contribution in [1.29, 1.82) is 0 Å². The predicted octanol–water partition coefficient (Wildman–Crippen LogP) is 5.77. The van der Waals surface area contributed by atoms with Gasteiger partial charge in [0.2, 0.25) is 0 Å². The van der Waals surface area contributed by atoms with Crippen molar-refractivity contribution in [3.63, 3.8) is 0 Å². The molecule has 0 spiro atoms. The second-order valence-corrected chi connectivity index (χ2v) is 8.06. The van der Waals surface area contributed by atoms with E-state index in [1.165, 1.54) is 23.5 Å². The number of hydrogen-bond donors (Lipinski definition) is 1. The van der Waals surface area contributed by atoms with Gasteiger partial charge in [0, 0.05) is 27.5 Å². The van der Waals surface area contributed by atoms with Gasteiger partial charge in [-0.3, -0.25) is 4.79 Å². The summed E-state index contributed by atoms with van der Waals surface area (Å²) in [4.78, 5) is 16.7. The van der Waals surface area contributed by atoms with Gasteiger partial charge >= 0.3 is 12.1 Å². The monoisotopic (exact) mass is 430 g/mol. The van der Waals surface area contributed by atoms with Crippen LogP contribution in [0.3, 0.4) is 0 Å². The Hall–Kier alpha value is -3.13. The van der Waals surface area contributed by atoms with E-state index in [1.54, 1.807) is 0 Å². The normalized spacial score (nSPS) is 11.9.